The monoisotopic (exact) mass is 323 g/mol. The lowest BCUT2D eigenvalue weighted by molar-refractivity contribution is 0.0706. The van der Waals surface area contributed by atoms with E-state index in [4.69, 9.17) is 4.74 Å². The molecule has 1 atom stereocenters. The Balaban J connectivity index is 1.71. The molecule has 0 radical (unpaired) electrons. The zero-order valence-corrected chi connectivity index (χ0v) is 12.4. The van der Waals surface area contributed by atoms with E-state index in [1.165, 1.54) is 0 Å². The van der Waals surface area contributed by atoms with Gasteiger partial charge >= 0.3 is 0 Å². The Morgan fingerprint density at radius 1 is 1.26 bits per heavy atom. The Morgan fingerprint density at radius 3 is 2.58 bits per heavy atom. The maximum Gasteiger partial charge on any atom is 0.254 e. The van der Waals surface area contributed by atoms with Crippen LogP contribution in [-0.4, -0.2) is 36.6 Å². The van der Waals surface area contributed by atoms with Gasteiger partial charge in [0.1, 0.15) is 0 Å². The first-order valence-corrected chi connectivity index (χ1v) is 7.67. The highest BCUT2D eigenvalue weighted by molar-refractivity contribution is 9.10. The third-order valence-corrected chi connectivity index (χ3v) is 4.35. The number of nitrogens with zero attached hydrogens (tertiary/aromatic N) is 1. The summed E-state index contributed by atoms with van der Waals surface area (Å²) in [6.45, 7) is 2.49. The molecule has 1 amide bonds. The summed E-state index contributed by atoms with van der Waals surface area (Å²) >= 11 is 3.40. The van der Waals surface area contributed by atoms with Gasteiger partial charge in [-0.15, -0.1) is 0 Å². The van der Waals surface area contributed by atoms with Crippen LogP contribution in [0.15, 0.2) is 28.7 Å². The predicted octanol–water partition coefficient (Wildman–Crippen LogP) is 3.09. The standard InChI is InChI=1S/C15H18BrNO2/c16-13-3-1-12(2-4-13)15(18)17(14-5-6-14)9-11-7-8-19-10-11/h1-4,11,14H,5-10H2/t11-/m0/s1. The number of benzene rings is 1. The van der Waals surface area contributed by atoms with Gasteiger partial charge in [0.25, 0.3) is 5.91 Å². The van der Waals surface area contributed by atoms with Gasteiger partial charge in [0.05, 0.1) is 6.61 Å². The lowest BCUT2D eigenvalue weighted by Gasteiger charge is -2.25. The van der Waals surface area contributed by atoms with E-state index in [1.807, 2.05) is 24.3 Å². The first kappa shape index (κ1) is 13.1. The van der Waals surface area contributed by atoms with E-state index >= 15 is 0 Å². The number of carbonyl (C=O) groups excluding carboxylic acids is 1. The maximum absolute atomic E-state index is 12.6. The second kappa shape index (κ2) is 5.63. The molecular formula is C15H18BrNO2. The molecule has 0 N–H and O–H groups in total. The Labute approximate surface area is 122 Å². The van der Waals surface area contributed by atoms with Crippen LogP contribution >= 0.6 is 15.9 Å². The van der Waals surface area contributed by atoms with Crippen molar-refractivity contribution in [2.45, 2.75) is 25.3 Å². The van der Waals surface area contributed by atoms with Crippen molar-refractivity contribution in [3.05, 3.63) is 34.3 Å². The SMILES string of the molecule is O=C(c1ccc(Br)cc1)N(C[C@@H]1CCOC1)C1CC1. The van der Waals surface area contributed by atoms with E-state index in [9.17, 15) is 4.79 Å². The minimum absolute atomic E-state index is 0.168. The first-order valence-electron chi connectivity index (χ1n) is 6.88. The van der Waals surface area contributed by atoms with Gasteiger partial charge in [-0.25, -0.2) is 0 Å². The fourth-order valence-corrected chi connectivity index (χ4v) is 2.81. The van der Waals surface area contributed by atoms with Gasteiger partial charge in [-0.05, 0) is 43.5 Å². The largest absolute Gasteiger partial charge is 0.381 e. The van der Waals surface area contributed by atoms with Crippen LogP contribution in [0, 0.1) is 5.92 Å². The van der Waals surface area contributed by atoms with Crippen LogP contribution in [0.4, 0.5) is 0 Å². The first-order chi connectivity index (χ1) is 9.24. The van der Waals surface area contributed by atoms with Crippen molar-refractivity contribution in [3.8, 4) is 0 Å². The molecule has 0 bridgehead atoms. The molecule has 102 valence electrons. The summed E-state index contributed by atoms with van der Waals surface area (Å²) < 4.78 is 6.42. The van der Waals surface area contributed by atoms with Crippen molar-refractivity contribution in [2.24, 2.45) is 5.92 Å². The summed E-state index contributed by atoms with van der Waals surface area (Å²) in [6, 6.07) is 8.10. The Hall–Kier alpha value is -0.870. The van der Waals surface area contributed by atoms with Crippen molar-refractivity contribution < 1.29 is 9.53 Å². The third kappa shape index (κ3) is 3.18. The number of halogens is 1. The van der Waals surface area contributed by atoms with Crippen molar-refractivity contribution in [3.63, 3.8) is 0 Å². The van der Waals surface area contributed by atoms with Gasteiger partial charge in [0.15, 0.2) is 0 Å². The number of ether oxygens (including phenoxy) is 1. The molecule has 0 spiro atoms. The molecule has 1 saturated heterocycles. The molecule has 1 aliphatic carbocycles. The molecule has 1 saturated carbocycles. The molecule has 1 aromatic carbocycles. The molecule has 0 aromatic heterocycles. The quantitative estimate of drug-likeness (QED) is 0.852. The summed E-state index contributed by atoms with van der Waals surface area (Å²) in [5.41, 5.74) is 0.786. The fraction of sp³-hybridized carbons (Fsp3) is 0.533. The van der Waals surface area contributed by atoms with Crippen LogP contribution in [0.5, 0.6) is 0 Å². The zero-order chi connectivity index (χ0) is 13.2. The zero-order valence-electron chi connectivity index (χ0n) is 10.8. The van der Waals surface area contributed by atoms with Crippen LogP contribution in [0.25, 0.3) is 0 Å². The molecule has 1 aliphatic heterocycles. The number of carbonyl (C=O) groups is 1. The summed E-state index contributed by atoms with van der Waals surface area (Å²) in [6.07, 6.45) is 3.38. The summed E-state index contributed by atoms with van der Waals surface area (Å²) in [7, 11) is 0. The fourth-order valence-electron chi connectivity index (χ4n) is 2.55. The number of hydrogen-bond acceptors (Lipinski definition) is 2. The van der Waals surface area contributed by atoms with Crippen molar-refractivity contribution in [2.75, 3.05) is 19.8 Å². The lowest BCUT2D eigenvalue weighted by atomic mass is 10.1. The van der Waals surface area contributed by atoms with Crippen LogP contribution in [0.2, 0.25) is 0 Å². The maximum atomic E-state index is 12.6. The number of rotatable bonds is 4. The van der Waals surface area contributed by atoms with Crippen LogP contribution in [0.1, 0.15) is 29.6 Å². The molecule has 2 fully saturated rings. The van der Waals surface area contributed by atoms with Crippen LogP contribution < -0.4 is 0 Å². The Kier molecular flexibility index (Phi) is 3.89. The second-order valence-electron chi connectivity index (χ2n) is 5.43. The average molecular weight is 324 g/mol. The molecule has 4 heteroatoms. The molecule has 0 unspecified atom stereocenters. The van der Waals surface area contributed by atoms with E-state index in [1.54, 1.807) is 0 Å². The predicted molar refractivity (Wildman–Crippen MR) is 77.1 cm³/mol. The van der Waals surface area contributed by atoms with E-state index in [0.29, 0.717) is 12.0 Å². The molecule has 19 heavy (non-hydrogen) atoms. The normalized spacial score (nSPS) is 22.5. The number of amides is 1. The average Bonchev–Trinajstić information content (AvgIpc) is 3.13. The molecule has 2 aliphatic rings. The molecular weight excluding hydrogens is 306 g/mol. The van der Waals surface area contributed by atoms with E-state index in [-0.39, 0.29) is 5.91 Å². The summed E-state index contributed by atoms with van der Waals surface area (Å²) in [5, 5.41) is 0. The minimum atomic E-state index is 0.168. The topological polar surface area (TPSA) is 29.5 Å². The van der Waals surface area contributed by atoms with E-state index < -0.39 is 0 Å². The Bertz CT molecular complexity index is 450. The van der Waals surface area contributed by atoms with Gasteiger partial charge in [-0.2, -0.15) is 0 Å². The second-order valence-corrected chi connectivity index (χ2v) is 6.34. The van der Waals surface area contributed by atoms with Crippen molar-refractivity contribution in [1.82, 2.24) is 4.90 Å². The van der Waals surface area contributed by atoms with Crippen LogP contribution in [0.3, 0.4) is 0 Å². The molecule has 3 rings (SSSR count). The van der Waals surface area contributed by atoms with Gasteiger partial charge in [-0.1, -0.05) is 15.9 Å². The lowest BCUT2D eigenvalue weighted by Crippen LogP contribution is -2.37. The van der Waals surface area contributed by atoms with Gasteiger partial charge in [0.2, 0.25) is 0 Å². The highest BCUT2D eigenvalue weighted by atomic mass is 79.9. The van der Waals surface area contributed by atoms with E-state index in [0.717, 1.165) is 49.1 Å². The summed E-state index contributed by atoms with van der Waals surface area (Å²) in [4.78, 5) is 14.7. The minimum Gasteiger partial charge on any atom is -0.381 e. The molecule has 1 aromatic rings. The van der Waals surface area contributed by atoms with Gasteiger partial charge in [-0.3, -0.25) is 4.79 Å². The van der Waals surface area contributed by atoms with Crippen LogP contribution in [-0.2, 0) is 4.74 Å². The third-order valence-electron chi connectivity index (χ3n) is 3.82. The highest BCUT2D eigenvalue weighted by Crippen LogP contribution is 2.30. The molecule has 1 heterocycles. The number of hydrogen-bond donors (Lipinski definition) is 0. The molecule has 3 nitrogen and oxygen atoms in total. The Morgan fingerprint density at radius 2 is 2.00 bits per heavy atom. The van der Waals surface area contributed by atoms with E-state index in [2.05, 4.69) is 20.8 Å². The van der Waals surface area contributed by atoms with Crippen molar-refractivity contribution in [1.29, 1.82) is 0 Å². The van der Waals surface area contributed by atoms with Gasteiger partial charge < -0.3 is 9.64 Å². The summed E-state index contributed by atoms with van der Waals surface area (Å²) in [5.74, 6) is 0.682. The smallest absolute Gasteiger partial charge is 0.254 e. The van der Waals surface area contributed by atoms with Crippen molar-refractivity contribution >= 4 is 21.8 Å². The van der Waals surface area contributed by atoms with Gasteiger partial charge in [0, 0.05) is 35.1 Å². The highest BCUT2D eigenvalue weighted by Gasteiger charge is 2.35.